The van der Waals surface area contributed by atoms with Gasteiger partial charge in [0, 0.05) is 24.0 Å². The van der Waals surface area contributed by atoms with Gasteiger partial charge in [-0.05, 0) is 95.4 Å². The molecule has 2 aromatic heterocycles. The third-order valence-electron chi connectivity index (χ3n) is 5.49. The van der Waals surface area contributed by atoms with E-state index in [-0.39, 0.29) is 12.5 Å². The van der Waals surface area contributed by atoms with Crippen LogP contribution in [-0.2, 0) is 5.41 Å². The standard InChI is InChI=1S/C24H22IN5O2/c1-15-2-3-18(13-19(15)17-11-21(25)30-22(12-17)28-8-9-31)29-23(32)16-4-7-27-20(10-16)24(14-26)5-6-24/h2-4,7,10-13,31H,5-6,8-9H2,1H3,(H,28,30)(H,29,32). The van der Waals surface area contributed by atoms with Crippen molar-refractivity contribution >= 4 is 40.0 Å². The molecule has 0 aliphatic heterocycles. The van der Waals surface area contributed by atoms with Gasteiger partial charge < -0.3 is 15.7 Å². The van der Waals surface area contributed by atoms with Gasteiger partial charge in [0.05, 0.1) is 23.8 Å². The molecular formula is C24H22IN5O2. The van der Waals surface area contributed by atoms with Crippen molar-refractivity contribution in [1.82, 2.24) is 9.97 Å². The van der Waals surface area contributed by atoms with Crippen LogP contribution in [0.4, 0.5) is 11.5 Å². The molecule has 1 aliphatic carbocycles. The molecule has 7 nitrogen and oxygen atoms in total. The number of hydrogen-bond donors (Lipinski definition) is 3. The largest absolute Gasteiger partial charge is 0.395 e. The van der Waals surface area contributed by atoms with Gasteiger partial charge in [0.1, 0.15) is 9.52 Å². The van der Waals surface area contributed by atoms with Crippen molar-refractivity contribution < 1.29 is 9.90 Å². The van der Waals surface area contributed by atoms with Gasteiger partial charge in [-0.3, -0.25) is 9.78 Å². The molecule has 32 heavy (non-hydrogen) atoms. The number of carbonyl (C=O) groups is 1. The highest BCUT2D eigenvalue weighted by atomic mass is 127. The minimum atomic E-state index is -0.534. The van der Waals surface area contributed by atoms with Crippen LogP contribution in [0.1, 0.15) is 34.5 Å². The first-order valence-electron chi connectivity index (χ1n) is 10.3. The van der Waals surface area contributed by atoms with Crippen molar-refractivity contribution in [3.8, 4) is 17.2 Å². The Morgan fingerprint density at radius 2 is 2.06 bits per heavy atom. The summed E-state index contributed by atoms with van der Waals surface area (Å²) in [4.78, 5) is 21.6. The molecule has 1 aliphatic rings. The fourth-order valence-corrected chi connectivity index (χ4v) is 4.12. The average Bonchev–Trinajstić information content (AvgIpc) is 3.60. The van der Waals surface area contributed by atoms with E-state index < -0.39 is 5.41 Å². The number of nitrogens with one attached hydrogen (secondary N) is 2. The number of benzene rings is 1. The molecule has 0 unspecified atom stereocenters. The second-order valence-corrected chi connectivity index (χ2v) is 8.93. The number of aliphatic hydroxyl groups is 1. The zero-order valence-electron chi connectivity index (χ0n) is 17.5. The van der Waals surface area contributed by atoms with Crippen LogP contribution in [0, 0.1) is 22.0 Å². The van der Waals surface area contributed by atoms with E-state index in [1.807, 2.05) is 37.3 Å². The molecule has 4 rings (SSSR count). The minimum absolute atomic E-state index is 0.0231. The summed E-state index contributed by atoms with van der Waals surface area (Å²) in [6.07, 6.45) is 3.15. The molecule has 1 saturated carbocycles. The number of hydrogen-bond acceptors (Lipinski definition) is 6. The quantitative estimate of drug-likeness (QED) is 0.306. The highest BCUT2D eigenvalue weighted by molar-refractivity contribution is 14.1. The lowest BCUT2D eigenvalue weighted by Gasteiger charge is -2.13. The Hall–Kier alpha value is -3.03. The molecule has 162 valence electrons. The van der Waals surface area contributed by atoms with E-state index in [2.05, 4.69) is 49.3 Å². The number of aryl methyl sites for hydroxylation is 1. The van der Waals surface area contributed by atoms with Crippen LogP contribution < -0.4 is 10.6 Å². The van der Waals surface area contributed by atoms with Crippen LogP contribution in [0.3, 0.4) is 0 Å². The lowest BCUT2D eigenvalue weighted by Crippen LogP contribution is -2.14. The molecule has 1 amide bonds. The van der Waals surface area contributed by atoms with Gasteiger partial charge in [0.15, 0.2) is 0 Å². The maximum absolute atomic E-state index is 12.9. The van der Waals surface area contributed by atoms with E-state index in [1.54, 1.807) is 18.3 Å². The zero-order valence-corrected chi connectivity index (χ0v) is 19.7. The number of halogens is 1. The Morgan fingerprint density at radius 1 is 1.25 bits per heavy atom. The molecular weight excluding hydrogens is 517 g/mol. The predicted molar refractivity (Wildman–Crippen MR) is 131 cm³/mol. The Balaban J connectivity index is 1.59. The van der Waals surface area contributed by atoms with Crippen molar-refractivity contribution in [3.05, 3.63) is 69.2 Å². The summed E-state index contributed by atoms with van der Waals surface area (Å²) in [5.41, 5.74) is 4.29. The topological polar surface area (TPSA) is 111 Å². The Bertz CT molecular complexity index is 1220. The van der Waals surface area contributed by atoms with Gasteiger partial charge in [-0.1, -0.05) is 6.07 Å². The van der Waals surface area contributed by atoms with Crippen molar-refractivity contribution in [2.45, 2.75) is 25.2 Å². The second kappa shape index (κ2) is 9.22. The fourth-order valence-electron chi connectivity index (χ4n) is 3.52. The summed E-state index contributed by atoms with van der Waals surface area (Å²) in [7, 11) is 0. The third-order valence-corrected chi connectivity index (χ3v) is 6.05. The lowest BCUT2D eigenvalue weighted by molar-refractivity contribution is 0.102. The van der Waals surface area contributed by atoms with Crippen molar-refractivity contribution in [3.63, 3.8) is 0 Å². The summed E-state index contributed by atoms with van der Waals surface area (Å²) >= 11 is 2.16. The predicted octanol–water partition coefficient (Wildman–Crippen LogP) is 4.27. The van der Waals surface area contributed by atoms with E-state index in [0.29, 0.717) is 29.3 Å². The molecule has 1 fully saturated rings. The number of nitrogens with zero attached hydrogens (tertiary/aromatic N) is 3. The Labute approximate surface area is 200 Å². The number of amides is 1. The first-order valence-corrected chi connectivity index (χ1v) is 11.3. The van der Waals surface area contributed by atoms with Gasteiger partial charge in [0.25, 0.3) is 5.91 Å². The van der Waals surface area contributed by atoms with Crippen LogP contribution in [0.2, 0.25) is 0 Å². The zero-order chi connectivity index (χ0) is 22.7. The number of anilines is 2. The van der Waals surface area contributed by atoms with Crippen LogP contribution in [0.25, 0.3) is 11.1 Å². The van der Waals surface area contributed by atoms with Gasteiger partial charge in [-0.25, -0.2) is 4.98 Å². The summed E-state index contributed by atoms with van der Waals surface area (Å²) in [6.45, 7) is 2.46. The summed E-state index contributed by atoms with van der Waals surface area (Å²) in [5.74, 6) is 0.442. The van der Waals surface area contributed by atoms with Crippen LogP contribution >= 0.6 is 22.6 Å². The number of pyridine rings is 2. The highest BCUT2D eigenvalue weighted by Gasteiger charge is 2.46. The maximum atomic E-state index is 12.9. The highest BCUT2D eigenvalue weighted by Crippen LogP contribution is 2.46. The molecule has 0 radical (unpaired) electrons. The molecule has 1 aromatic carbocycles. The van der Waals surface area contributed by atoms with E-state index in [4.69, 9.17) is 5.11 Å². The summed E-state index contributed by atoms with van der Waals surface area (Å²) in [6, 6.07) is 15.4. The van der Waals surface area contributed by atoms with Gasteiger partial charge in [-0.15, -0.1) is 0 Å². The van der Waals surface area contributed by atoms with Crippen LogP contribution in [0.5, 0.6) is 0 Å². The number of carbonyl (C=O) groups excluding carboxylic acids is 1. The van der Waals surface area contributed by atoms with E-state index in [9.17, 15) is 10.1 Å². The molecule has 0 spiro atoms. The normalized spacial score (nSPS) is 13.8. The molecule has 2 heterocycles. The summed E-state index contributed by atoms with van der Waals surface area (Å²) < 4.78 is 0.824. The smallest absolute Gasteiger partial charge is 0.255 e. The van der Waals surface area contributed by atoms with Crippen molar-refractivity contribution in [2.75, 3.05) is 23.8 Å². The molecule has 0 saturated heterocycles. The number of aromatic nitrogens is 2. The van der Waals surface area contributed by atoms with Crippen molar-refractivity contribution in [1.29, 1.82) is 5.26 Å². The molecule has 0 bridgehead atoms. The van der Waals surface area contributed by atoms with Crippen LogP contribution in [-0.4, -0.2) is 34.1 Å². The maximum Gasteiger partial charge on any atom is 0.255 e. The Kier molecular flexibility index (Phi) is 6.39. The molecule has 3 aromatic rings. The number of aliphatic hydroxyl groups excluding tert-OH is 1. The first kappa shape index (κ1) is 22.2. The van der Waals surface area contributed by atoms with E-state index in [1.165, 1.54) is 0 Å². The van der Waals surface area contributed by atoms with Gasteiger partial charge in [0.2, 0.25) is 0 Å². The number of rotatable bonds is 7. The lowest BCUT2D eigenvalue weighted by atomic mass is 10.00. The van der Waals surface area contributed by atoms with E-state index >= 15 is 0 Å². The molecule has 8 heteroatoms. The Morgan fingerprint density at radius 3 is 2.78 bits per heavy atom. The SMILES string of the molecule is Cc1ccc(NC(=O)c2ccnc(C3(C#N)CC3)c2)cc1-c1cc(I)nc(NCCO)c1. The first-order chi connectivity index (χ1) is 15.4. The second-order valence-electron chi connectivity index (χ2n) is 7.82. The summed E-state index contributed by atoms with van der Waals surface area (Å²) in [5, 5.41) is 24.5. The van der Waals surface area contributed by atoms with Crippen molar-refractivity contribution in [2.24, 2.45) is 0 Å². The monoisotopic (exact) mass is 539 g/mol. The molecule has 3 N–H and O–H groups in total. The van der Waals surface area contributed by atoms with E-state index in [0.717, 1.165) is 33.2 Å². The minimum Gasteiger partial charge on any atom is -0.395 e. The third kappa shape index (κ3) is 4.74. The fraction of sp³-hybridized carbons (Fsp3) is 0.250. The average molecular weight is 539 g/mol. The van der Waals surface area contributed by atoms with Gasteiger partial charge in [-0.2, -0.15) is 5.26 Å². The number of nitriles is 1. The van der Waals surface area contributed by atoms with Gasteiger partial charge >= 0.3 is 0 Å². The van der Waals surface area contributed by atoms with Crippen LogP contribution in [0.15, 0.2) is 48.7 Å². The molecule has 0 atom stereocenters.